The SMILES string of the molecule is CCCC(C)OC(=O)Oc1ccc(CC(N)(C[C@H](C)OC(=O)C(C)CCC)C(=O)OC)cc1OC(=O)OC(C)CCC. The Balaban J connectivity index is 3.26. The van der Waals surface area contributed by atoms with Crippen molar-refractivity contribution in [3.8, 4) is 11.5 Å². The molecule has 11 nitrogen and oxygen atoms in total. The van der Waals surface area contributed by atoms with Crippen molar-refractivity contribution in [2.75, 3.05) is 7.11 Å². The molecule has 0 saturated carbocycles. The van der Waals surface area contributed by atoms with E-state index in [9.17, 15) is 19.2 Å². The van der Waals surface area contributed by atoms with E-state index in [1.165, 1.54) is 19.2 Å². The minimum absolute atomic E-state index is 0.0308. The van der Waals surface area contributed by atoms with Gasteiger partial charge < -0.3 is 34.2 Å². The highest BCUT2D eigenvalue weighted by molar-refractivity contribution is 5.81. The Kier molecular flexibility index (Phi) is 15.9. The lowest BCUT2D eigenvalue weighted by Gasteiger charge is -2.30. The van der Waals surface area contributed by atoms with Gasteiger partial charge in [-0.2, -0.15) is 0 Å². The van der Waals surface area contributed by atoms with Gasteiger partial charge in [0.2, 0.25) is 0 Å². The summed E-state index contributed by atoms with van der Waals surface area (Å²) < 4.78 is 31.9. The third kappa shape index (κ3) is 12.7. The van der Waals surface area contributed by atoms with E-state index in [4.69, 9.17) is 34.2 Å². The van der Waals surface area contributed by atoms with Crippen molar-refractivity contribution in [1.82, 2.24) is 0 Å². The molecule has 0 aromatic heterocycles. The van der Waals surface area contributed by atoms with Gasteiger partial charge in [-0.3, -0.25) is 9.59 Å². The summed E-state index contributed by atoms with van der Waals surface area (Å²) in [4.78, 5) is 50.2. The van der Waals surface area contributed by atoms with Gasteiger partial charge in [0, 0.05) is 12.8 Å². The minimum Gasteiger partial charge on any atom is -0.468 e. The van der Waals surface area contributed by atoms with Gasteiger partial charge in [-0.1, -0.05) is 53.0 Å². The van der Waals surface area contributed by atoms with Gasteiger partial charge in [0.1, 0.15) is 23.9 Å². The number of rotatable bonds is 17. The zero-order chi connectivity index (χ0) is 31.9. The van der Waals surface area contributed by atoms with E-state index in [1.807, 2.05) is 20.8 Å². The molecule has 11 heteroatoms. The van der Waals surface area contributed by atoms with E-state index in [1.54, 1.807) is 33.8 Å². The Bertz CT molecular complexity index is 1030. The predicted octanol–water partition coefficient (Wildman–Crippen LogP) is 6.27. The summed E-state index contributed by atoms with van der Waals surface area (Å²) in [5, 5.41) is 0. The van der Waals surface area contributed by atoms with Crippen LogP contribution in [-0.2, 0) is 35.0 Å². The molecule has 0 fully saturated rings. The van der Waals surface area contributed by atoms with Crippen LogP contribution in [0.15, 0.2) is 18.2 Å². The maximum atomic E-state index is 12.8. The Labute approximate surface area is 249 Å². The summed E-state index contributed by atoms with van der Waals surface area (Å²) >= 11 is 0. The first kappa shape index (κ1) is 36.7. The van der Waals surface area contributed by atoms with Crippen molar-refractivity contribution >= 4 is 24.2 Å². The van der Waals surface area contributed by atoms with E-state index in [2.05, 4.69) is 0 Å². The molecule has 0 aliphatic heterocycles. The third-order valence-electron chi connectivity index (χ3n) is 6.58. The van der Waals surface area contributed by atoms with E-state index < -0.39 is 36.0 Å². The molecule has 0 amide bonds. The molecule has 0 aliphatic rings. The molecule has 1 aromatic carbocycles. The maximum absolute atomic E-state index is 12.8. The number of hydrogen-bond acceptors (Lipinski definition) is 11. The summed E-state index contributed by atoms with van der Waals surface area (Å²) in [5.41, 5.74) is 5.42. The molecule has 1 rings (SSSR count). The zero-order valence-electron chi connectivity index (χ0n) is 26.4. The van der Waals surface area contributed by atoms with E-state index in [0.29, 0.717) is 24.8 Å². The summed E-state index contributed by atoms with van der Waals surface area (Å²) in [7, 11) is 1.22. The molecule has 4 unspecified atom stereocenters. The van der Waals surface area contributed by atoms with Gasteiger partial charge in [0.25, 0.3) is 0 Å². The van der Waals surface area contributed by atoms with Crippen molar-refractivity contribution in [3.63, 3.8) is 0 Å². The van der Waals surface area contributed by atoms with Crippen LogP contribution in [0.3, 0.4) is 0 Å². The number of benzene rings is 1. The van der Waals surface area contributed by atoms with Crippen LogP contribution in [0.5, 0.6) is 11.5 Å². The van der Waals surface area contributed by atoms with Gasteiger partial charge in [-0.05, 0) is 57.7 Å². The lowest BCUT2D eigenvalue weighted by atomic mass is 9.86. The van der Waals surface area contributed by atoms with Gasteiger partial charge >= 0.3 is 24.2 Å². The molecule has 0 spiro atoms. The summed E-state index contributed by atoms with van der Waals surface area (Å²) in [6.45, 7) is 12.8. The topological polar surface area (TPSA) is 150 Å². The fraction of sp³-hybridized carbons (Fsp3) is 0.677. The largest absolute Gasteiger partial charge is 0.514 e. The van der Waals surface area contributed by atoms with Crippen LogP contribution in [-0.4, -0.2) is 55.2 Å². The molecule has 5 atom stereocenters. The van der Waals surface area contributed by atoms with E-state index in [-0.39, 0.29) is 42.3 Å². The average Bonchev–Trinajstić information content (AvgIpc) is 2.89. The summed E-state index contributed by atoms with van der Waals surface area (Å²) in [5.74, 6) is -1.57. The van der Waals surface area contributed by atoms with Crippen molar-refractivity contribution in [3.05, 3.63) is 23.8 Å². The third-order valence-corrected chi connectivity index (χ3v) is 6.58. The van der Waals surface area contributed by atoms with Gasteiger partial charge in [0.15, 0.2) is 11.5 Å². The Morgan fingerprint density at radius 3 is 1.79 bits per heavy atom. The molecule has 238 valence electrons. The molecule has 0 radical (unpaired) electrons. The van der Waals surface area contributed by atoms with E-state index in [0.717, 1.165) is 19.3 Å². The summed E-state index contributed by atoms with van der Waals surface area (Å²) in [6, 6.07) is 4.40. The number of carbonyl (C=O) groups is 4. The molecule has 2 N–H and O–H groups in total. The second-order valence-electron chi connectivity index (χ2n) is 10.9. The standard InChI is InChI=1S/C31H49NO10/c1-9-12-20(4)27(33)38-23(7)18-31(32,28(34)37-8)19-24-15-16-25(41-29(35)39-21(5)13-10-2)26(17-24)42-30(36)40-22(6)14-11-3/h15-17,20-23H,9-14,18-19,32H2,1-8H3/t20?,21?,22?,23-,31?/m0/s1. The number of methoxy groups -OCH3 is 1. The first-order chi connectivity index (χ1) is 19.8. The van der Waals surface area contributed by atoms with Crippen LogP contribution in [0.4, 0.5) is 9.59 Å². The smallest absolute Gasteiger partial charge is 0.468 e. The molecule has 0 aliphatic carbocycles. The van der Waals surface area contributed by atoms with E-state index >= 15 is 0 Å². The summed E-state index contributed by atoms with van der Waals surface area (Å²) in [6.07, 6.45) is 0.916. The Morgan fingerprint density at radius 2 is 1.29 bits per heavy atom. The number of carbonyl (C=O) groups excluding carboxylic acids is 4. The van der Waals surface area contributed by atoms with Crippen molar-refractivity contribution in [2.24, 2.45) is 11.7 Å². The molecule has 42 heavy (non-hydrogen) atoms. The van der Waals surface area contributed by atoms with Crippen molar-refractivity contribution in [2.45, 2.75) is 124 Å². The van der Waals surface area contributed by atoms with Crippen LogP contribution in [0.1, 0.15) is 99.0 Å². The van der Waals surface area contributed by atoms with Crippen LogP contribution >= 0.6 is 0 Å². The molecule has 0 bridgehead atoms. The second kappa shape index (κ2) is 18.3. The number of nitrogens with two attached hydrogens (primary N) is 1. The van der Waals surface area contributed by atoms with Gasteiger partial charge in [-0.15, -0.1) is 0 Å². The highest BCUT2D eigenvalue weighted by Gasteiger charge is 2.38. The quantitative estimate of drug-likeness (QED) is 0.123. The number of esters is 2. The fourth-order valence-corrected chi connectivity index (χ4v) is 4.53. The Hall–Kier alpha value is -3.34. The second-order valence-corrected chi connectivity index (χ2v) is 10.9. The Morgan fingerprint density at radius 1 is 0.762 bits per heavy atom. The van der Waals surface area contributed by atoms with Gasteiger partial charge in [-0.25, -0.2) is 9.59 Å². The fourth-order valence-electron chi connectivity index (χ4n) is 4.53. The molecular weight excluding hydrogens is 546 g/mol. The lowest BCUT2D eigenvalue weighted by molar-refractivity contribution is -0.157. The lowest BCUT2D eigenvalue weighted by Crippen LogP contribution is -2.53. The molecule has 0 heterocycles. The van der Waals surface area contributed by atoms with Crippen LogP contribution < -0.4 is 15.2 Å². The van der Waals surface area contributed by atoms with Crippen LogP contribution in [0.2, 0.25) is 0 Å². The predicted molar refractivity (Wildman–Crippen MR) is 156 cm³/mol. The normalized spacial score (nSPS) is 15.3. The molecular formula is C31H49NO10. The molecule has 0 saturated heterocycles. The number of hydrogen-bond donors (Lipinski definition) is 1. The van der Waals surface area contributed by atoms with Gasteiger partial charge in [0.05, 0.1) is 13.0 Å². The first-order valence-corrected chi connectivity index (χ1v) is 14.8. The monoisotopic (exact) mass is 595 g/mol. The first-order valence-electron chi connectivity index (χ1n) is 14.8. The molecule has 1 aromatic rings. The van der Waals surface area contributed by atoms with Crippen LogP contribution in [0, 0.1) is 5.92 Å². The number of ether oxygens (including phenoxy) is 6. The minimum atomic E-state index is -1.59. The van der Waals surface area contributed by atoms with Crippen molar-refractivity contribution < 1.29 is 47.6 Å². The maximum Gasteiger partial charge on any atom is 0.514 e. The van der Waals surface area contributed by atoms with Crippen molar-refractivity contribution in [1.29, 1.82) is 0 Å². The highest BCUT2D eigenvalue weighted by atomic mass is 16.7. The average molecular weight is 596 g/mol. The highest BCUT2D eigenvalue weighted by Crippen LogP contribution is 2.32. The van der Waals surface area contributed by atoms with Crippen LogP contribution in [0.25, 0.3) is 0 Å². The zero-order valence-corrected chi connectivity index (χ0v) is 26.4.